The van der Waals surface area contributed by atoms with Crippen LogP contribution >= 0.6 is 11.3 Å². The molecule has 0 N–H and O–H groups in total. The van der Waals surface area contributed by atoms with Crippen molar-refractivity contribution in [1.82, 2.24) is 0 Å². The van der Waals surface area contributed by atoms with Crippen LogP contribution in [-0.4, -0.2) is 0 Å². The molecule has 0 radical (unpaired) electrons. The van der Waals surface area contributed by atoms with Gasteiger partial charge in [-0.15, -0.1) is 0 Å². The standard InChI is InChI=1S/C19H19S/c1-13(2)16-9-10-17-14(3)11-18(20-19(17)12-16)15-7-5-4-6-8-15/h4-13H,1-3H3/q+1. The van der Waals surface area contributed by atoms with Gasteiger partial charge in [0.25, 0.3) is 0 Å². The van der Waals surface area contributed by atoms with Crippen molar-refractivity contribution in [2.24, 2.45) is 0 Å². The molecule has 0 unspecified atom stereocenters. The zero-order chi connectivity index (χ0) is 14.1. The highest BCUT2D eigenvalue weighted by Crippen LogP contribution is 2.34. The second-order valence-electron chi connectivity index (χ2n) is 5.57. The minimum Gasteiger partial charge on any atom is -0.0622 e. The fourth-order valence-electron chi connectivity index (χ4n) is 2.48. The SMILES string of the molecule is Cc1cc(-c2ccccc2)[s+]c2cc(C(C)C)ccc12. The van der Waals surface area contributed by atoms with E-state index in [0.717, 1.165) is 0 Å². The molecule has 0 atom stereocenters. The van der Waals surface area contributed by atoms with Crippen LogP contribution in [0.15, 0.2) is 54.6 Å². The Morgan fingerprint density at radius 2 is 1.65 bits per heavy atom. The molecule has 3 rings (SSSR count). The second kappa shape index (κ2) is 5.34. The number of benzene rings is 2. The highest BCUT2D eigenvalue weighted by Gasteiger charge is 2.16. The van der Waals surface area contributed by atoms with Gasteiger partial charge in [0.15, 0.2) is 0 Å². The van der Waals surface area contributed by atoms with E-state index in [1.54, 1.807) is 0 Å². The molecule has 0 saturated heterocycles. The molecule has 20 heavy (non-hydrogen) atoms. The quantitative estimate of drug-likeness (QED) is 0.484. The molecular formula is C19H19S+. The van der Waals surface area contributed by atoms with E-state index in [0.29, 0.717) is 5.92 Å². The number of hydrogen-bond acceptors (Lipinski definition) is 0. The van der Waals surface area contributed by atoms with Crippen molar-refractivity contribution in [3.05, 3.63) is 65.7 Å². The van der Waals surface area contributed by atoms with Crippen molar-refractivity contribution >= 4 is 21.4 Å². The lowest BCUT2D eigenvalue weighted by molar-refractivity contribution is 0.869. The molecule has 0 bridgehead atoms. The van der Waals surface area contributed by atoms with Gasteiger partial charge in [0.2, 0.25) is 20.9 Å². The van der Waals surface area contributed by atoms with E-state index in [4.69, 9.17) is 0 Å². The molecule has 0 aliphatic rings. The van der Waals surface area contributed by atoms with Crippen LogP contribution in [-0.2, 0) is 0 Å². The third-order valence-corrected chi connectivity index (χ3v) is 4.85. The molecule has 0 saturated carbocycles. The Balaban J connectivity index is 2.21. The first kappa shape index (κ1) is 13.3. The number of fused-ring (bicyclic) bond motifs is 1. The summed E-state index contributed by atoms with van der Waals surface area (Å²) >= 11 is 1.89. The maximum atomic E-state index is 2.35. The predicted octanol–water partition coefficient (Wildman–Crippen LogP) is 6.28. The molecule has 1 heteroatoms. The van der Waals surface area contributed by atoms with Gasteiger partial charge in [-0.3, -0.25) is 0 Å². The second-order valence-corrected chi connectivity index (χ2v) is 6.65. The van der Waals surface area contributed by atoms with E-state index in [1.807, 2.05) is 11.3 Å². The Morgan fingerprint density at radius 3 is 2.35 bits per heavy atom. The fourth-order valence-corrected chi connectivity index (χ4v) is 3.74. The van der Waals surface area contributed by atoms with Crippen LogP contribution < -0.4 is 0 Å². The van der Waals surface area contributed by atoms with E-state index in [1.165, 1.54) is 31.7 Å². The van der Waals surface area contributed by atoms with Gasteiger partial charge in [-0.2, -0.15) is 0 Å². The van der Waals surface area contributed by atoms with Crippen LogP contribution in [0.4, 0.5) is 0 Å². The summed E-state index contributed by atoms with van der Waals surface area (Å²) in [6, 6.07) is 19.8. The predicted molar refractivity (Wildman–Crippen MR) is 90.5 cm³/mol. The molecule has 0 nitrogen and oxygen atoms in total. The Morgan fingerprint density at radius 1 is 0.900 bits per heavy atom. The average Bonchev–Trinajstić information content (AvgIpc) is 2.47. The van der Waals surface area contributed by atoms with Crippen molar-refractivity contribution in [3.63, 3.8) is 0 Å². The summed E-state index contributed by atoms with van der Waals surface area (Å²) in [7, 11) is 0. The van der Waals surface area contributed by atoms with Gasteiger partial charge in [0.1, 0.15) is 0 Å². The van der Waals surface area contributed by atoms with Gasteiger partial charge in [0.05, 0.1) is 0 Å². The topological polar surface area (TPSA) is 0 Å². The summed E-state index contributed by atoms with van der Waals surface area (Å²) in [6.45, 7) is 6.70. The Labute approximate surface area is 124 Å². The molecule has 0 aliphatic heterocycles. The lowest BCUT2D eigenvalue weighted by atomic mass is 10.0. The first-order valence-corrected chi connectivity index (χ1v) is 7.89. The van der Waals surface area contributed by atoms with Crippen molar-refractivity contribution in [3.8, 4) is 10.4 Å². The lowest BCUT2D eigenvalue weighted by Gasteiger charge is -2.05. The number of aryl methyl sites for hydroxylation is 1. The fraction of sp³-hybridized carbons (Fsp3) is 0.211. The van der Waals surface area contributed by atoms with Crippen molar-refractivity contribution in [2.75, 3.05) is 0 Å². The smallest absolute Gasteiger partial charge is 0.0622 e. The monoisotopic (exact) mass is 279 g/mol. The van der Waals surface area contributed by atoms with Crippen LogP contribution in [0.3, 0.4) is 0 Å². The van der Waals surface area contributed by atoms with Crippen molar-refractivity contribution < 1.29 is 0 Å². The highest BCUT2D eigenvalue weighted by molar-refractivity contribution is 7.21. The van der Waals surface area contributed by atoms with E-state index in [9.17, 15) is 0 Å². The summed E-state index contributed by atoms with van der Waals surface area (Å²) in [5, 5.41) is 1.37. The van der Waals surface area contributed by atoms with Gasteiger partial charge in [-0.1, -0.05) is 38.1 Å². The maximum absolute atomic E-state index is 2.35. The van der Waals surface area contributed by atoms with Gasteiger partial charge in [-0.25, -0.2) is 0 Å². The Hall–Kier alpha value is -1.73. The molecule has 0 fully saturated rings. The number of hydrogen-bond donors (Lipinski definition) is 0. The Bertz CT molecular complexity index is 742. The summed E-state index contributed by atoms with van der Waals surface area (Å²) in [4.78, 5) is 1.34. The minimum atomic E-state index is 0.576. The van der Waals surface area contributed by atoms with Gasteiger partial charge >= 0.3 is 0 Å². The average molecular weight is 279 g/mol. The van der Waals surface area contributed by atoms with E-state index >= 15 is 0 Å². The Kier molecular flexibility index (Phi) is 3.54. The largest absolute Gasteiger partial charge is 0.239 e. The summed E-state index contributed by atoms with van der Waals surface area (Å²) in [5.41, 5.74) is 4.07. The molecule has 0 amide bonds. The lowest BCUT2D eigenvalue weighted by Crippen LogP contribution is -1.87. The molecule has 2 aromatic carbocycles. The third-order valence-electron chi connectivity index (χ3n) is 3.72. The van der Waals surface area contributed by atoms with Gasteiger partial charge in [-0.05, 0) is 42.2 Å². The maximum Gasteiger partial charge on any atom is 0.239 e. The van der Waals surface area contributed by atoms with E-state index in [-0.39, 0.29) is 0 Å². The zero-order valence-electron chi connectivity index (χ0n) is 12.2. The number of rotatable bonds is 2. The molecule has 3 aromatic rings. The molecular weight excluding hydrogens is 260 g/mol. The van der Waals surface area contributed by atoms with Crippen LogP contribution in [0.25, 0.3) is 20.5 Å². The zero-order valence-corrected chi connectivity index (χ0v) is 13.0. The van der Waals surface area contributed by atoms with Gasteiger partial charge < -0.3 is 0 Å². The molecule has 1 aromatic heterocycles. The third kappa shape index (κ3) is 2.46. The minimum absolute atomic E-state index is 0.576. The van der Waals surface area contributed by atoms with E-state index in [2.05, 4.69) is 75.4 Å². The summed E-state index contributed by atoms with van der Waals surface area (Å²) < 4.78 is 1.38. The molecule has 100 valence electrons. The summed E-state index contributed by atoms with van der Waals surface area (Å²) in [6.07, 6.45) is 0. The normalized spacial score (nSPS) is 11.2. The molecule has 1 heterocycles. The molecule has 0 spiro atoms. The van der Waals surface area contributed by atoms with Crippen LogP contribution in [0, 0.1) is 6.92 Å². The van der Waals surface area contributed by atoms with Gasteiger partial charge in [0, 0.05) is 23.1 Å². The van der Waals surface area contributed by atoms with Crippen LogP contribution in [0.1, 0.15) is 30.9 Å². The molecule has 0 aliphatic carbocycles. The van der Waals surface area contributed by atoms with Crippen molar-refractivity contribution in [1.29, 1.82) is 0 Å². The van der Waals surface area contributed by atoms with Crippen molar-refractivity contribution in [2.45, 2.75) is 26.7 Å². The first-order valence-electron chi connectivity index (χ1n) is 7.08. The highest BCUT2D eigenvalue weighted by atomic mass is 32.1. The van der Waals surface area contributed by atoms with E-state index < -0.39 is 0 Å². The van der Waals surface area contributed by atoms with Crippen LogP contribution in [0.2, 0.25) is 0 Å². The first-order chi connectivity index (χ1) is 9.65. The van der Waals surface area contributed by atoms with Crippen LogP contribution in [0.5, 0.6) is 0 Å². The summed E-state index contributed by atoms with van der Waals surface area (Å²) in [5.74, 6) is 0.576.